The van der Waals surface area contributed by atoms with Gasteiger partial charge in [-0.3, -0.25) is 0 Å². The third kappa shape index (κ3) is 5.38. The van der Waals surface area contributed by atoms with Crippen LogP contribution in [0.15, 0.2) is 0 Å². The Hall–Kier alpha value is -0.620. The predicted molar refractivity (Wildman–Crippen MR) is 33.8 cm³/mol. The Morgan fingerprint density at radius 2 is 2.00 bits per heavy atom. The fourth-order valence-electron chi connectivity index (χ4n) is 0.315. The summed E-state index contributed by atoms with van der Waals surface area (Å²) in [5, 5.41) is 0. The first kappa shape index (κ1) is 7.38. The largest absolute Gasteiger partial charge is 0.362 e. The highest BCUT2D eigenvalue weighted by Gasteiger charge is 2.09. The highest BCUT2D eigenvalue weighted by atomic mass is 14.8. The summed E-state index contributed by atoms with van der Waals surface area (Å²) < 4.78 is 0. The molecule has 0 aromatic carbocycles. The lowest BCUT2D eigenvalue weighted by Gasteiger charge is -2.10. The monoisotopic (exact) mass is 112 g/mol. The molecule has 2 heteroatoms. The lowest BCUT2D eigenvalue weighted by Crippen LogP contribution is -2.04. The van der Waals surface area contributed by atoms with E-state index in [9.17, 15) is 0 Å². The average molecular weight is 112 g/mol. The molecule has 0 spiro atoms. The van der Waals surface area contributed by atoms with Crippen LogP contribution in [-0.4, -0.2) is 11.0 Å². The third-order valence-electron chi connectivity index (χ3n) is 0.785. The summed E-state index contributed by atoms with van der Waals surface area (Å²) in [5.41, 5.74) is 8.24. The van der Waals surface area contributed by atoms with E-state index in [1.807, 2.05) is 0 Å². The van der Waals surface area contributed by atoms with E-state index in [-0.39, 0.29) is 5.41 Å². The van der Waals surface area contributed by atoms with Crippen LogP contribution < -0.4 is 0 Å². The van der Waals surface area contributed by atoms with Crippen molar-refractivity contribution in [1.82, 2.24) is 0 Å². The van der Waals surface area contributed by atoms with Gasteiger partial charge in [-0.05, 0) is 5.41 Å². The van der Waals surface area contributed by atoms with Gasteiger partial charge in [0.15, 0.2) is 0 Å². The highest BCUT2D eigenvalue weighted by Crippen LogP contribution is 2.15. The van der Waals surface area contributed by atoms with Crippen molar-refractivity contribution in [3.05, 3.63) is 5.53 Å². The predicted octanol–water partition coefficient (Wildman–Crippen LogP) is 1.72. The van der Waals surface area contributed by atoms with E-state index in [0.717, 1.165) is 6.42 Å². The Morgan fingerprint density at radius 3 is 2.12 bits per heavy atom. The third-order valence-corrected chi connectivity index (χ3v) is 0.785. The van der Waals surface area contributed by atoms with Crippen molar-refractivity contribution >= 4 is 6.21 Å². The van der Waals surface area contributed by atoms with Crippen LogP contribution in [0.5, 0.6) is 0 Å². The molecule has 0 unspecified atom stereocenters. The molecule has 0 heterocycles. The van der Waals surface area contributed by atoms with Crippen molar-refractivity contribution in [3.63, 3.8) is 0 Å². The molecule has 2 nitrogen and oxygen atoms in total. The van der Waals surface area contributed by atoms with Gasteiger partial charge < -0.3 is 5.53 Å². The number of nitrogens with zero attached hydrogens (tertiary/aromatic N) is 2. The Balaban J connectivity index is 3.55. The minimum absolute atomic E-state index is 0.242. The smallest absolute Gasteiger partial charge is 0.257 e. The van der Waals surface area contributed by atoms with Crippen LogP contribution in [0.1, 0.15) is 27.2 Å². The first-order valence-corrected chi connectivity index (χ1v) is 2.72. The average Bonchev–Trinajstić information content (AvgIpc) is 1.59. The van der Waals surface area contributed by atoms with E-state index in [1.165, 1.54) is 6.21 Å². The van der Waals surface area contributed by atoms with Crippen molar-refractivity contribution in [1.29, 1.82) is 0 Å². The van der Waals surface area contributed by atoms with Gasteiger partial charge in [0.25, 0.3) is 6.21 Å². The fraction of sp³-hybridized carbons (Fsp3) is 0.833. The van der Waals surface area contributed by atoms with Crippen LogP contribution in [0.25, 0.3) is 5.53 Å². The van der Waals surface area contributed by atoms with E-state index in [0.29, 0.717) is 0 Å². The molecule has 0 aliphatic heterocycles. The molecule has 0 saturated carbocycles. The molecule has 0 fully saturated rings. The molecule has 0 aromatic heterocycles. The topological polar surface area (TPSA) is 36.4 Å². The molecule has 0 atom stereocenters. The van der Waals surface area contributed by atoms with Gasteiger partial charge in [-0.1, -0.05) is 20.8 Å². The maximum Gasteiger partial charge on any atom is 0.257 e. The summed E-state index contributed by atoms with van der Waals surface area (Å²) in [5.74, 6) is 0. The van der Waals surface area contributed by atoms with Crippen molar-refractivity contribution in [3.8, 4) is 0 Å². The second-order valence-electron chi connectivity index (χ2n) is 3.06. The number of hydrogen-bond donors (Lipinski definition) is 0. The van der Waals surface area contributed by atoms with Crippen LogP contribution in [0.2, 0.25) is 0 Å². The molecule has 0 amide bonds. The minimum atomic E-state index is 0.242. The van der Waals surface area contributed by atoms with E-state index in [4.69, 9.17) is 5.53 Å². The zero-order chi connectivity index (χ0) is 6.62. The van der Waals surface area contributed by atoms with E-state index in [1.54, 1.807) is 0 Å². The minimum Gasteiger partial charge on any atom is -0.362 e. The maximum atomic E-state index is 8.00. The molecular weight excluding hydrogens is 100 g/mol. The molecule has 0 radical (unpaired) electrons. The van der Waals surface area contributed by atoms with Crippen LogP contribution >= 0.6 is 0 Å². The van der Waals surface area contributed by atoms with Gasteiger partial charge in [-0.2, -0.15) is 4.79 Å². The van der Waals surface area contributed by atoms with Crippen LogP contribution in [0.3, 0.4) is 0 Å². The van der Waals surface area contributed by atoms with Gasteiger partial charge in [0.05, 0.1) is 0 Å². The standard InChI is InChI=1S/C6H12N2/c1-6(2,3)4-5-8-7/h5H,4H2,1-3H3. The van der Waals surface area contributed by atoms with Gasteiger partial charge >= 0.3 is 0 Å². The molecule has 0 aromatic rings. The van der Waals surface area contributed by atoms with Crippen LogP contribution in [0.4, 0.5) is 0 Å². The Bertz CT molecular complexity index is 104. The maximum absolute atomic E-state index is 8.00. The number of hydrogen-bond acceptors (Lipinski definition) is 0. The first-order valence-electron chi connectivity index (χ1n) is 2.72. The molecule has 0 saturated heterocycles. The van der Waals surface area contributed by atoms with Crippen molar-refractivity contribution < 1.29 is 4.79 Å². The summed E-state index contributed by atoms with van der Waals surface area (Å²) in [6, 6.07) is 0. The van der Waals surface area contributed by atoms with Gasteiger partial charge in [-0.15, -0.1) is 0 Å². The lowest BCUT2D eigenvalue weighted by atomic mass is 9.93. The highest BCUT2D eigenvalue weighted by molar-refractivity contribution is 5.51. The van der Waals surface area contributed by atoms with E-state index < -0.39 is 0 Å². The summed E-state index contributed by atoms with van der Waals surface area (Å²) in [4.78, 5) is 2.90. The van der Waals surface area contributed by atoms with Crippen LogP contribution in [0, 0.1) is 5.41 Å². The molecule has 0 rings (SSSR count). The molecule has 0 bridgehead atoms. The zero-order valence-electron chi connectivity index (χ0n) is 5.68. The van der Waals surface area contributed by atoms with Gasteiger partial charge in [0.2, 0.25) is 0 Å². The number of rotatable bonds is 1. The molecule has 8 heavy (non-hydrogen) atoms. The van der Waals surface area contributed by atoms with Crippen molar-refractivity contribution in [2.24, 2.45) is 5.41 Å². The quantitative estimate of drug-likeness (QED) is 0.281. The Kier molecular flexibility index (Phi) is 2.43. The van der Waals surface area contributed by atoms with Crippen molar-refractivity contribution in [2.45, 2.75) is 27.2 Å². The fourth-order valence-corrected chi connectivity index (χ4v) is 0.315. The van der Waals surface area contributed by atoms with Gasteiger partial charge in [-0.25, -0.2) is 0 Å². The van der Waals surface area contributed by atoms with Gasteiger partial charge in [0, 0.05) is 6.42 Å². The van der Waals surface area contributed by atoms with E-state index in [2.05, 4.69) is 25.6 Å². The summed E-state index contributed by atoms with van der Waals surface area (Å²) in [7, 11) is 0. The second-order valence-corrected chi connectivity index (χ2v) is 3.06. The molecule has 0 aliphatic rings. The SMILES string of the molecule is CC(C)(C)CC=[N+]=[N-]. The zero-order valence-corrected chi connectivity index (χ0v) is 5.68. The van der Waals surface area contributed by atoms with E-state index >= 15 is 0 Å². The molecular formula is C6H12N2. The molecule has 0 aliphatic carbocycles. The Labute approximate surface area is 50.1 Å². The molecule has 46 valence electrons. The Morgan fingerprint density at radius 1 is 1.50 bits per heavy atom. The lowest BCUT2D eigenvalue weighted by molar-refractivity contribution is -0.00130. The second kappa shape index (κ2) is 2.63. The summed E-state index contributed by atoms with van der Waals surface area (Å²) in [6.07, 6.45) is 2.34. The summed E-state index contributed by atoms with van der Waals surface area (Å²) >= 11 is 0. The molecule has 0 N–H and O–H groups in total. The first-order chi connectivity index (χ1) is 3.56. The normalized spacial score (nSPS) is 10.4. The summed E-state index contributed by atoms with van der Waals surface area (Å²) in [6.45, 7) is 6.28. The van der Waals surface area contributed by atoms with Crippen molar-refractivity contribution in [2.75, 3.05) is 0 Å². The van der Waals surface area contributed by atoms with Gasteiger partial charge in [0.1, 0.15) is 0 Å². The van der Waals surface area contributed by atoms with Crippen LogP contribution in [-0.2, 0) is 0 Å².